The van der Waals surface area contributed by atoms with Crippen LogP contribution in [0.3, 0.4) is 0 Å². The third-order valence-corrected chi connectivity index (χ3v) is 2.62. The molecule has 60 valence electrons. The summed E-state index contributed by atoms with van der Waals surface area (Å²) in [7, 11) is 0. The van der Waals surface area contributed by atoms with Gasteiger partial charge in [0.1, 0.15) is 0 Å². The first kappa shape index (κ1) is 7.11. The van der Waals surface area contributed by atoms with Crippen LogP contribution in [-0.2, 0) is 0 Å². The van der Waals surface area contributed by atoms with Crippen molar-refractivity contribution in [3.63, 3.8) is 0 Å². The molecule has 0 amide bonds. The van der Waals surface area contributed by atoms with Crippen LogP contribution in [-0.4, -0.2) is 12.6 Å². The Labute approximate surface area is 68.2 Å². The topological polar surface area (TPSA) is 21.9 Å². The molecule has 1 aliphatic heterocycles. The Hall–Kier alpha value is -0.560. The summed E-state index contributed by atoms with van der Waals surface area (Å²) in [6, 6.07) is 0.769. The van der Waals surface area contributed by atoms with Crippen molar-refractivity contribution in [2.45, 2.75) is 19.9 Å². The van der Waals surface area contributed by atoms with Crippen molar-refractivity contribution in [2.75, 3.05) is 6.54 Å². The molecule has 1 saturated heterocycles. The van der Waals surface area contributed by atoms with Gasteiger partial charge in [0.2, 0.25) is 0 Å². The first-order valence-electron chi connectivity index (χ1n) is 4.37. The zero-order valence-corrected chi connectivity index (χ0v) is 7.17. The quantitative estimate of drug-likeness (QED) is 0.563. The van der Waals surface area contributed by atoms with Gasteiger partial charge in [0, 0.05) is 12.6 Å². The Kier molecular flexibility index (Phi) is 1.61. The highest BCUT2D eigenvalue weighted by Gasteiger charge is 2.32. The van der Waals surface area contributed by atoms with E-state index in [1.54, 1.807) is 0 Å². The Balaban J connectivity index is 2.09. The number of nitrogens with one attached hydrogen (secondary N) is 1. The van der Waals surface area contributed by atoms with Crippen molar-refractivity contribution in [1.82, 2.24) is 5.32 Å². The van der Waals surface area contributed by atoms with E-state index in [4.69, 9.17) is 0 Å². The maximum Gasteiger partial charge on any atom is 0.0261 e. The van der Waals surface area contributed by atoms with Crippen molar-refractivity contribution in [1.29, 1.82) is 0 Å². The second-order valence-electron chi connectivity index (χ2n) is 3.72. The maximum absolute atomic E-state index is 3.37. The molecule has 0 bridgehead atoms. The summed E-state index contributed by atoms with van der Waals surface area (Å²) in [5, 5.41) is 3.37. The molecule has 0 saturated carbocycles. The number of hydrogen-bond donors (Lipinski definition) is 1. The van der Waals surface area contributed by atoms with Gasteiger partial charge in [-0.25, -0.2) is 0 Å². The Morgan fingerprint density at radius 1 is 1.55 bits per heavy atom. The van der Waals surface area contributed by atoms with Crippen LogP contribution in [0, 0.1) is 11.8 Å². The summed E-state index contributed by atoms with van der Waals surface area (Å²) < 4.78 is 0. The highest BCUT2D eigenvalue weighted by atomic mass is 15.1. The van der Waals surface area contributed by atoms with Gasteiger partial charge in [-0.1, -0.05) is 30.7 Å². The molecule has 0 aromatic carbocycles. The molecule has 1 fully saturated rings. The molecule has 0 radical (unpaired) electrons. The normalized spacial score (nSPS) is 42.0. The third kappa shape index (κ3) is 1.38. The summed E-state index contributed by atoms with van der Waals surface area (Å²) in [5.74, 6) is 1.47. The standard InChI is InChI=1S/C10H15N/c1-7-3-4-9(8(2)5-7)10-6-11-10/h3-5,8-11H,6H2,1-2H3. The maximum atomic E-state index is 3.37. The summed E-state index contributed by atoms with van der Waals surface area (Å²) in [6.45, 7) is 5.69. The molecule has 1 aliphatic carbocycles. The van der Waals surface area contributed by atoms with E-state index in [1.165, 1.54) is 12.1 Å². The van der Waals surface area contributed by atoms with Gasteiger partial charge in [0.15, 0.2) is 0 Å². The van der Waals surface area contributed by atoms with E-state index in [0.717, 1.165) is 17.9 Å². The molecule has 2 rings (SSSR count). The second-order valence-corrected chi connectivity index (χ2v) is 3.72. The van der Waals surface area contributed by atoms with Crippen LogP contribution in [0.15, 0.2) is 23.8 Å². The van der Waals surface area contributed by atoms with Gasteiger partial charge in [0.05, 0.1) is 0 Å². The van der Waals surface area contributed by atoms with Crippen LogP contribution in [0.2, 0.25) is 0 Å². The average molecular weight is 149 g/mol. The lowest BCUT2D eigenvalue weighted by atomic mass is 9.85. The second kappa shape index (κ2) is 2.49. The highest BCUT2D eigenvalue weighted by Crippen LogP contribution is 2.28. The van der Waals surface area contributed by atoms with Gasteiger partial charge < -0.3 is 5.32 Å². The van der Waals surface area contributed by atoms with Gasteiger partial charge in [-0.15, -0.1) is 0 Å². The third-order valence-electron chi connectivity index (χ3n) is 2.62. The Morgan fingerprint density at radius 3 is 2.82 bits per heavy atom. The van der Waals surface area contributed by atoms with Crippen LogP contribution in [0.25, 0.3) is 0 Å². The smallest absolute Gasteiger partial charge is 0.0261 e. The van der Waals surface area contributed by atoms with Gasteiger partial charge in [0.25, 0.3) is 0 Å². The van der Waals surface area contributed by atoms with Crippen LogP contribution in [0.4, 0.5) is 0 Å². The van der Waals surface area contributed by atoms with E-state index in [9.17, 15) is 0 Å². The molecule has 3 atom stereocenters. The van der Waals surface area contributed by atoms with Gasteiger partial charge >= 0.3 is 0 Å². The molecule has 0 aromatic heterocycles. The Bertz CT molecular complexity index is 211. The summed E-state index contributed by atoms with van der Waals surface area (Å²) in [6.07, 6.45) is 6.96. The lowest BCUT2D eigenvalue weighted by Crippen LogP contribution is -2.18. The minimum Gasteiger partial charge on any atom is -0.311 e. The van der Waals surface area contributed by atoms with Gasteiger partial charge in [-0.2, -0.15) is 0 Å². The van der Waals surface area contributed by atoms with Crippen molar-refractivity contribution in [3.8, 4) is 0 Å². The van der Waals surface area contributed by atoms with Gasteiger partial charge in [-0.05, 0) is 18.8 Å². The zero-order chi connectivity index (χ0) is 7.84. The van der Waals surface area contributed by atoms with Crippen molar-refractivity contribution < 1.29 is 0 Å². The fourth-order valence-electron chi connectivity index (χ4n) is 1.86. The van der Waals surface area contributed by atoms with E-state index in [1.807, 2.05) is 0 Å². The van der Waals surface area contributed by atoms with Crippen molar-refractivity contribution >= 4 is 0 Å². The lowest BCUT2D eigenvalue weighted by Gasteiger charge is -2.20. The minimum atomic E-state index is 0.722. The molecular formula is C10H15N. The number of hydrogen-bond acceptors (Lipinski definition) is 1. The molecule has 3 unspecified atom stereocenters. The van der Waals surface area contributed by atoms with Crippen molar-refractivity contribution in [2.24, 2.45) is 11.8 Å². The minimum absolute atomic E-state index is 0.722. The van der Waals surface area contributed by atoms with Crippen LogP contribution in [0.5, 0.6) is 0 Å². The molecule has 1 heteroatoms. The molecule has 11 heavy (non-hydrogen) atoms. The molecule has 2 aliphatic rings. The summed E-state index contributed by atoms with van der Waals surface area (Å²) >= 11 is 0. The average Bonchev–Trinajstić information content (AvgIpc) is 2.70. The SMILES string of the molecule is CC1=CC(C)C(C2CN2)C=C1. The molecule has 1 nitrogen and oxygen atoms in total. The zero-order valence-electron chi connectivity index (χ0n) is 7.17. The van der Waals surface area contributed by atoms with E-state index in [2.05, 4.69) is 37.4 Å². The molecule has 1 N–H and O–H groups in total. The Morgan fingerprint density at radius 2 is 2.27 bits per heavy atom. The molecule has 1 heterocycles. The lowest BCUT2D eigenvalue weighted by molar-refractivity contribution is 0.494. The number of allylic oxidation sites excluding steroid dienone is 3. The summed E-state index contributed by atoms with van der Waals surface area (Å²) in [4.78, 5) is 0. The largest absolute Gasteiger partial charge is 0.311 e. The van der Waals surface area contributed by atoms with E-state index in [0.29, 0.717) is 0 Å². The fraction of sp³-hybridized carbons (Fsp3) is 0.600. The number of rotatable bonds is 1. The highest BCUT2D eigenvalue weighted by molar-refractivity contribution is 5.25. The van der Waals surface area contributed by atoms with E-state index in [-0.39, 0.29) is 0 Å². The van der Waals surface area contributed by atoms with Crippen molar-refractivity contribution in [3.05, 3.63) is 23.8 Å². The predicted molar refractivity (Wildman–Crippen MR) is 47.3 cm³/mol. The first-order chi connectivity index (χ1) is 5.27. The molecule has 0 spiro atoms. The molecule has 0 aromatic rings. The van der Waals surface area contributed by atoms with Crippen LogP contribution in [0.1, 0.15) is 13.8 Å². The van der Waals surface area contributed by atoms with Crippen LogP contribution < -0.4 is 5.32 Å². The monoisotopic (exact) mass is 149 g/mol. The summed E-state index contributed by atoms with van der Waals surface area (Å²) in [5.41, 5.74) is 1.41. The predicted octanol–water partition coefficient (Wildman–Crippen LogP) is 1.73. The fourth-order valence-corrected chi connectivity index (χ4v) is 1.86. The van der Waals surface area contributed by atoms with Gasteiger partial charge in [-0.3, -0.25) is 0 Å². The van der Waals surface area contributed by atoms with E-state index < -0.39 is 0 Å². The van der Waals surface area contributed by atoms with E-state index >= 15 is 0 Å². The molecular weight excluding hydrogens is 134 g/mol. The van der Waals surface area contributed by atoms with Crippen LogP contribution >= 0.6 is 0 Å². The first-order valence-corrected chi connectivity index (χ1v) is 4.37.